The van der Waals surface area contributed by atoms with E-state index < -0.39 is 0 Å². The average Bonchev–Trinajstić information content (AvgIpc) is 3.28. The molecule has 2 heterocycles. The molecule has 7 heteroatoms. The molecule has 56 heavy (non-hydrogen) atoms. The lowest BCUT2D eigenvalue weighted by molar-refractivity contribution is 0.483. The first-order valence-corrected chi connectivity index (χ1v) is 19.0. The van der Waals surface area contributed by atoms with E-state index in [1.54, 1.807) is 11.8 Å². The van der Waals surface area contributed by atoms with Crippen LogP contribution in [0.3, 0.4) is 0 Å². The first-order valence-electron chi connectivity index (χ1n) is 18.2. The van der Waals surface area contributed by atoms with Gasteiger partial charge in [-0.15, -0.1) is 0 Å². The second-order valence-electron chi connectivity index (χ2n) is 13.0. The molecule has 0 N–H and O–H groups in total. The molecule has 2 aromatic heterocycles. The van der Waals surface area contributed by atoms with E-state index in [-0.39, 0.29) is 0 Å². The van der Waals surface area contributed by atoms with Crippen molar-refractivity contribution in [3.63, 3.8) is 0 Å². The maximum absolute atomic E-state index is 6.38. The van der Waals surface area contributed by atoms with Crippen molar-refractivity contribution in [1.29, 1.82) is 0 Å². The van der Waals surface area contributed by atoms with E-state index in [1.807, 2.05) is 140 Å². The van der Waals surface area contributed by atoms with Gasteiger partial charge < -0.3 is 4.74 Å². The van der Waals surface area contributed by atoms with Crippen molar-refractivity contribution in [2.75, 3.05) is 0 Å². The second kappa shape index (κ2) is 16.0. The lowest BCUT2D eigenvalue weighted by atomic mass is 10.0. The largest absolute Gasteiger partial charge is 0.457 e. The van der Waals surface area contributed by atoms with Crippen molar-refractivity contribution in [1.82, 2.24) is 24.9 Å². The molecule has 0 radical (unpaired) electrons. The fourth-order valence-corrected chi connectivity index (χ4v) is 7.24. The van der Waals surface area contributed by atoms with Crippen molar-refractivity contribution in [2.24, 2.45) is 0 Å². The van der Waals surface area contributed by atoms with Gasteiger partial charge in [0.1, 0.15) is 11.5 Å². The van der Waals surface area contributed by atoms with Gasteiger partial charge in [0.15, 0.2) is 23.3 Å². The van der Waals surface area contributed by atoms with E-state index in [0.29, 0.717) is 34.8 Å². The van der Waals surface area contributed by atoms with Crippen LogP contribution in [0.25, 0.3) is 67.9 Å². The van der Waals surface area contributed by atoms with Gasteiger partial charge >= 0.3 is 0 Å². The number of hydrogen-bond acceptors (Lipinski definition) is 7. The standard InChI is InChI=1S/C49H33N5OS/c1-5-15-34(16-6-1)38-21-13-22-39(31-38)45-44(56-43-25-11-4-12-26-43)33-50-46(51-45)37-27-29-41(30-28-37)55-42-24-14-23-40(32-42)49-53-47(35-17-7-2-8-18-35)52-48(54-49)36-19-9-3-10-20-36/h1-33H. The topological polar surface area (TPSA) is 73.7 Å². The Kier molecular flexibility index (Phi) is 9.88. The molecule has 0 amide bonds. The highest BCUT2D eigenvalue weighted by Gasteiger charge is 2.15. The molecule has 0 aliphatic rings. The Hall–Kier alpha value is -7.22. The van der Waals surface area contributed by atoms with Gasteiger partial charge in [0.05, 0.1) is 10.6 Å². The van der Waals surface area contributed by atoms with Gasteiger partial charge in [-0.05, 0) is 65.7 Å². The van der Waals surface area contributed by atoms with E-state index in [9.17, 15) is 0 Å². The van der Waals surface area contributed by atoms with Crippen molar-refractivity contribution in [3.05, 3.63) is 200 Å². The highest BCUT2D eigenvalue weighted by molar-refractivity contribution is 7.99. The van der Waals surface area contributed by atoms with Crippen molar-refractivity contribution in [2.45, 2.75) is 9.79 Å². The lowest BCUT2D eigenvalue weighted by Crippen LogP contribution is -2.00. The zero-order valence-electron chi connectivity index (χ0n) is 30.1. The molecule has 0 aliphatic heterocycles. The quantitative estimate of drug-likeness (QED) is 0.138. The Morgan fingerprint density at radius 3 is 1.48 bits per heavy atom. The molecule has 0 aliphatic carbocycles. The maximum Gasteiger partial charge on any atom is 0.164 e. The predicted molar refractivity (Wildman–Crippen MR) is 225 cm³/mol. The molecule has 0 unspecified atom stereocenters. The summed E-state index contributed by atoms with van der Waals surface area (Å²) in [6.07, 6.45) is 1.92. The third-order valence-corrected chi connectivity index (χ3v) is 10.1. The van der Waals surface area contributed by atoms with Gasteiger partial charge in [-0.3, -0.25) is 0 Å². The van der Waals surface area contributed by atoms with Crippen LogP contribution in [0.4, 0.5) is 0 Å². The Labute approximate surface area is 329 Å². The summed E-state index contributed by atoms with van der Waals surface area (Å²) in [7, 11) is 0. The van der Waals surface area contributed by atoms with Crippen molar-refractivity contribution >= 4 is 11.8 Å². The maximum atomic E-state index is 6.38. The lowest BCUT2D eigenvalue weighted by Gasteiger charge is -2.13. The average molecular weight is 740 g/mol. The molecule has 266 valence electrons. The van der Waals surface area contributed by atoms with E-state index in [2.05, 4.69) is 60.7 Å². The zero-order chi connectivity index (χ0) is 37.5. The molecule has 0 atom stereocenters. The van der Waals surface area contributed by atoms with Crippen LogP contribution < -0.4 is 4.74 Å². The highest BCUT2D eigenvalue weighted by Crippen LogP contribution is 2.37. The summed E-state index contributed by atoms with van der Waals surface area (Å²) in [5.41, 5.74) is 7.74. The molecule has 0 bridgehead atoms. The van der Waals surface area contributed by atoms with E-state index in [4.69, 9.17) is 29.7 Å². The normalized spacial score (nSPS) is 10.9. The molecule has 9 rings (SSSR count). The summed E-state index contributed by atoms with van der Waals surface area (Å²) in [4.78, 5) is 26.7. The van der Waals surface area contributed by atoms with Crippen LogP contribution in [0.15, 0.2) is 210 Å². The Morgan fingerprint density at radius 1 is 0.339 bits per heavy atom. The number of hydrogen-bond donors (Lipinski definition) is 0. The molecule has 0 fully saturated rings. The smallest absolute Gasteiger partial charge is 0.164 e. The molecule has 9 aromatic rings. The molecule has 0 saturated heterocycles. The minimum atomic E-state index is 0.564. The fourth-order valence-electron chi connectivity index (χ4n) is 6.33. The van der Waals surface area contributed by atoms with Crippen LogP contribution in [-0.4, -0.2) is 24.9 Å². The first-order chi connectivity index (χ1) is 27.7. The number of nitrogens with zero attached hydrogens (tertiary/aromatic N) is 5. The third-order valence-electron chi connectivity index (χ3n) is 9.11. The highest BCUT2D eigenvalue weighted by atomic mass is 32.2. The predicted octanol–water partition coefficient (Wildman–Crippen LogP) is 12.6. The van der Waals surface area contributed by atoms with Crippen molar-refractivity contribution in [3.8, 4) is 79.4 Å². The summed E-state index contributed by atoms with van der Waals surface area (Å²) in [6, 6.07) is 64.8. The Bertz CT molecular complexity index is 2670. The Balaban J connectivity index is 1.00. The van der Waals surface area contributed by atoms with Crippen LogP contribution in [-0.2, 0) is 0 Å². The molecule has 6 nitrogen and oxygen atoms in total. The van der Waals surface area contributed by atoms with Crippen LogP contribution in [0, 0.1) is 0 Å². The third kappa shape index (κ3) is 7.85. The van der Waals surface area contributed by atoms with Crippen LogP contribution in [0.1, 0.15) is 0 Å². The zero-order valence-corrected chi connectivity index (χ0v) is 30.9. The van der Waals surface area contributed by atoms with Crippen LogP contribution >= 0.6 is 11.8 Å². The first kappa shape index (κ1) is 34.5. The minimum Gasteiger partial charge on any atom is -0.457 e. The van der Waals surface area contributed by atoms with Gasteiger partial charge in [-0.1, -0.05) is 151 Å². The number of ether oxygens (including phenoxy) is 1. The number of rotatable bonds is 10. The summed E-state index contributed by atoms with van der Waals surface area (Å²) >= 11 is 1.66. The summed E-state index contributed by atoms with van der Waals surface area (Å²) in [5, 5.41) is 0. The van der Waals surface area contributed by atoms with Crippen molar-refractivity contribution < 1.29 is 4.74 Å². The van der Waals surface area contributed by atoms with Gasteiger partial charge in [0.25, 0.3) is 0 Å². The summed E-state index contributed by atoms with van der Waals surface area (Å²) in [5.74, 6) is 3.76. The Morgan fingerprint density at radius 2 is 0.839 bits per heavy atom. The van der Waals surface area contributed by atoms with E-state index in [0.717, 1.165) is 54.4 Å². The van der Waals surface area contributed by atoms with E-state index in [1.165, 1.54) is 0 Å². The number of benzene rings is 7. The number of aromatic nitrogens is 5. The monoisotopic (exact) mass is 739 g/mol. The van der Waals surface area contributed by atoms with Crippen LogP contribution in [0.2, 0.25) is 0 Å². The van der Waals surface area contributed by atoms with Gasteiger partial charge in [0.2, 0.25) is 0 Å². The van der Waals surface area contributed by atoms with Gasteiger partial charge in [-0.2, -0.15) is 0 Å². The molecule has 7 aromatic carbocycles. The molecular weight excluding hydrogens is 707 g/mol. The molecule has 0 spiro atoms. The van der Waals surface area contributed by atoms with Gasteiger partial charge in [0, 0.05) is 38.9 Å². The fraction of sp³-hybridized carbons (Fsp3) is 0. The molecule has 0 saturated carbocycles. The summed E-state index contributed by atoms with van der Waals surface area (Å²) < 4.78 is 6.38. The van der Waals surface area contributed by atoms with Gasteiger partial charge in [-0.25, -0.2) is 24.9 Å². The van der Waals surface area contributed by atoms with E-state index >= 15 is 0 Å². The molecular formula is C49H33N5OS. The summed E-state index contributed by atoms with van der Waals surface area (Å²) in [6.45, 7) is 0. The SMILES string of the molecule is c1ccc(Sc2cnc(-c3ccc(Oc4cccc(-c5nc(-c6ccccc6)nc(-c6ccccc6)n5)c4)cc3)nc2-c2cccc(-c3ccccc3)c2)cc1. The van der Waals surface area contributed by atoms with Crippen LogP contribution in [0.5, 0.6) is 11.5 Å². The minimum absolute atomic E-state index is 0.564. The second-order valence-corrected chi connectivity index (χ2v) is 14.1.